The molecule has 1 atom stereocenters. The maximum absolute atomic E-state index is 10.3. The largest absolute Gasteiger partial charge is 0.480 e. The Kier molecular flexibility index (Phi) is 3.33. The summed E-state index contributed by atoms with van der Waals surface area (Å²) in [5.41, 5.74) is 0. The Morgan fingerprint density at radius 2 is 2.45 bits per heavy atom. The van der Waals surface area contributed by atoms with Crippen LogP contribution >= 0.6 is 15.9 Å². The Morgan fingerprint density at radius 3 is 3.00 bits per heavy atom. The normalized spacial score (nSPS) is 26.8. The zero-order valence-electron chi connectivity index (χ0n) is 6.29. The standard InChI is InChI=1S/C7H12BrNO2/c8-6-2-1-3-9(4-6)5-7(10)11/h6H,1-5H2,(H,10,11)/t6-/m1/s1. The highest BCUT2D eigenvalue weighted by molar-refractivity contribution is 9.09. The van der Waals surface area contributed by atoms with E-state index in [1.54, 1.807) is 0 Å². The lowest BCUT2D eigenvalue weighted by atomic mass is 10.1. The van der Waals surface area contributed by atoms with Gasteiger partial charge in [-0.2, -0.15) is 0 Å². The van der Waals surface area contributed by atoms with E-state index >= 15 is 0 Å². The van der Waals surface area contributed by atoms with Gasteiger partial charge in [-0.3, -0.25) is 9.69 Å². The summed E-state index contributed by atoms with van der Waals surface area (Å²) in [4.78, 5) is 12.8. The zero-order valence-corrected chi connectivity index (χ0v) is 7.88. The smallest absolute Gasteiger partial charge is 0.317 e. The Morgan fingerprint density at radius 1 is 1.73 bits per heavy atom. The van der Waals surface area contributed by atoms with Gasteiger partial charge in [-0.25, -0.2) is 0 Å². The molecule has 1 rings (SSSR count). The van der Waals surface area contributed by atoms with Crippen LogP contribution < -0.4 is 0 Å². The molecule has 3 nitrogen and oxygen atoms in total. The molecule has 0 aliphatic carbocycles. The molecule has 0 bridgehead atoms. The maximum atomic E-state index is 10.3. The minimum atomic E-state index is -0.730. The average Bonchev–Trinajstić information content (AvgIpc) is 1.85. The van der Waals surface area contributed by atoms with E-state index in [1.165, 1.54) is 0 Å². The quantitative estimate of drug-likeness (QED) is 0.706. The predicted octanol–water partition coefficient (Wildman–Crippen LogP) is 0.930. The highest BCUT2D eigenvalue weighted by Gasteiger charge is 2.18. The predicted molar refractivity (Wildman–Crippen MR) is 46.0 cm³/mol. The van der Waals surface area contributed by atoms with Gasteiger partial charge in [0.2, 0.25) is 0 Å². The van der Waals surface area contributed by atoms with Crippen molar-refractivity contribution in [3.05, 3.63) is 0 Å². The number of alkyl halides is 1. The van der Waals surface area contributed by atoms with Crippen LogP contribution in [0.5, 0.6) is 0 Å². The number of likely N-dealkylation sites (tertiary alicyclic amines) is 1. The average molecular weight is 222 g/mol. The maximum Gasteiger partial charge on any atom is 0.317 e. The van der Waals surface area contributed by atoms with Crippen LogP contribution in [-0.2, 0) is 4.79 Å². The van der Waals surface area contributed by atoms with E-state index in [9.17, 15) is 4.79 Å². The molecule has 11 heavy (non-hydrogen) atoms. The van der Waals surface area contributed by atoms with E-state index < -0.39 is 5.97 Å². The number of carboxylic acids is 1. The number of carboxylic acid groups (broad SMARTS) is 1. The van der Waals surface area contributed by atoms with Gasteiger partial charge in [-0.05, 0) is 19.4 Å². The van der Waals surface area contributed by atoms with Gasteiger partial charge in [-0.15, -0.1) is 0 Å². The number of hydrogen-bond acceptors (Lipinski definition) is 2. The van der Waals surface area contributed by atoms with Gasteiger partial charge < -0.3 is 5.11 Å². The summed E-state index contributed by atoms with van der Waals surface area (Å²) in [6.45, 7) is 1.98. The van der Waals surface area contributed by atoms with Crippen molar-refractivity contribution in [2.75, 3.05) is 19.6 Å². The van der Waals surface area contributed by atoms with Crippen LogP contribution in [0.3, 0.4) is 0 Å². The molecule has 1 fully saturated rings. The molecule has 0 unspecified atom stereocenters. The molecule has 0 aromatic carbocycles. The van der Waals surface area contributed by atoms with Gasteiger partial charge in [0.25, 0.3) is 0 Å². The van der Waals surface area contributed by atoms with E-state index in [0.717, 1.165) is 25.9 Å². The summed E-state index contributed by atoms with van der Waals surface area (Å²) < 4.78 is 0. The van der Waals surface area contributed by atoms with E-state index in [1.807, 2.05) is 4.90 Å². The van der Waals surface area contributed by atoms with Crippen molar-refractivity contribution in [2.24, 2.45) is 0 Å². The Labute approximate surface area is 74.5 Å². The molecule has 4 heteroatoms. The molecule has 1 N–H and O–H groups in total. The molecule has 1 saturated heterocycles. The van der Waals surface area contributed by atoms with Gasteiger partial charge in [-0.1, -0.05) is 15.9 Å². The lowest BCUT2D eigenvalue weighted by molar-refractivity contribution is -0.138. The molecule has 0 spiro atoms. The topological polar surface area (TPSA) is 40.5 Å². The van der Waals surface area contributed by atoms with Crippen molar-refractivity contribution >= 4 is 21.9 Å². The summed E-state index contributed by atoms with van der Waals surface area (Å²) >= 11 is 3.48. The summed E-state index contributed by atoms with van der Waals surface area (Å²) in [6.07, 6.45) is 2.26. The first-order valence-corrected chi connectivity index (χ1v) is 4.68. The fourth-order valence-corrected chi connectivity index (χ4v) is 2.07. The van der Waals surface area contributed by atoms with Crippen LogP contribution in [0.15, 0.2) is 0 Å². The molecule has 1 aliphatic rings. The molecule has 64 valence electrons. The Hall–Kier alpha value is -0.0900. The van der Waals surface area contributed by atoms with E-state index in [4.69, 9.17) is 5.11 Å². The van der Waals surface area contributed by atoms with Crippen LogP contribution in [-0.4, -0.2) is 40.4 Å². The van der Waals surface area contributed by atoms with Crippen LogP contribution in [0.25, 0.3) is 0 Å². The second-order valence-corrected chi connectivity index (χ2v) is 4.16. The van der Waals surface area contributed by atoms with E-state index in [0.29, 0.717) is 4.83 Å². The third-order valence-corrected chi connectivity index (χ3v) is 2.55. The van der Waals surface area contributed by atoms with Crippen molar-refractivity contribution in [2.45, 2.75) is 17.7 Å². The number of carbonyl (C=O) groups is 1. The van der Waals surface area contributed by atoms with Crippen molar-refractivity contribution in [1.82, 2.24) is 4.90 Å². The molecule has 1 heterocycles. The molecular formula is C7H12BrNO2. The number of aliphatic carboxylic acids is 1. The lowest BCUT2D eigenvalue weighted by Crippen LogP contribution is -2.38. The first-order valence-electron chi connectivity index (χ1n) is 3.76. The molecule has 0 aromatic heterocycles. The monoisotopic (exact) mass is 221 g/mol. The number of halogens is 1. The SMILES string of the molecule is O=C(O)CN1CCC[C@@H](Br)C1. The first-order chi connectivity index (χ1) is 5.18. The van der Waals surface area contributed by atoms with Crippen molar-refractivity contribution in [3.63, 3.8) is 0 Å². The van der Waals surface area contributed by atoms with E-state index in [2.05, 4.69) is 15.9 Å². The van der Waals surface area contributed by atoms with Gasteiger partial charge in [0.1, 0.15) is 0 Å². The molecular weight excluding hydrogens is 210 g/mol. The van der Waals surface area contributed by atoms with Crippen LogP contribution in [0, 0.1) is 0 Å². The molecule has 1 aliphatic heterocycles. The second kappa shape index (κ2) is 4.07. The van der Waals surface area contributed by atoms with Gasteiger partial charge in [0.05, 0.1) is 6.54 Å². The van der Waals surface area contributed by atoms with Crippen molar-refractivity contribution in [1.29, 1.82) is 0 Å². The Balaban J connectivity index is 2.28. The van der Waals surface area contributed by atoms with Crippen LogP contribution in [0.2, 0.25) is 0 Å². The molecule has 0 amide bonds. The number of rotatable bonds is 2. The fraction of sp³-hybridized carbons (Fsp3) is 0.857. The van der Waals surface area contributed by atoms with Crippen LogP contribution in [0.4, 0.5) is 0 Å². The zero-order chi connectivity index (χ0) is 8.27. The summed E-state index contributed by atoms with van der Waals surface area (Å²) in [6, 6.07) is 0. The summed E-state index contributed by atoms with van der Waals surface area (Å²) in [5, 5.41) is 8.50. The summed E-state index contributed by atoms with van der Waals surface area (Å²) in [7, 11) is 0. The van der Waals surface area contributed by atoms with Crippen molar-refractivity contribution < 1.29 is 9.90 Å². The fourth-order valence-electron chi connectivity index (χ4n) is 1.33. The van der Waals surface area contributed by atoms with Gasteiger partial charge in [0, 0.05) is 11.4 Å². The lowest BCUT2D eigenvalue weighted by Gasteiger charge is -2.28. The molecule has 0 aromatic rings. The second-order valence-electron chi connectivity index (χ2n) is 2.87. The minimum Gasteiger partial charge on any atom is -0.480 e. The number of nitrogens with zero attached hydrogens (tertiary/aromatic N) is 1. The van der Waals surface area contributed by atoms with E-state index in [-0.39, 0.29) is 6.54 Å². The highest BCUT2D eigenvalue weighted by Crippen LogP contribution is 2.15. The van der Waals surface area contributed by atoms with Crippen LogP contribution in [0.1, 0.15) is 12.8 Å². The highest BCUT2D eigenvalue weighted by atomic mass is 79.9. The third-order valence-electron chi connectivity index (χ3n) is 1.81. The molecule has 0 saturated carbocycles. The first kappa shape index (κ1) is 9.00. The third kappa shape index (κ3) is 3.20. The number of hydrogen-bond donors (Lipinski definition) is 1. The summed E-state index contributed by atoms with van der Waals surface area (Å²) in [5.74, 6) is -0.730. The number of piperidine rings is 1. The minimum absolute atomic E-state index is 0.183. The van der Waals surface area contributed by atoms with Gasteiger partial charge >= 0.3 is 5.97 Å². The van der Waals surface area contributed by atoms with Gasteiger partial charge in [0.15, 0.2) is 0 Å². The Bertz CT molecular complexity index is 151. The molecule has 0 radical (unpaired) electrons. The van der Waals surface area contributed by atoms with Crippen molar-refractivity contribution in [3.8, 4) is 0 Å².